The molecule has 2 N–H and O–H groups in total. The predicted molar refractivity (Wildman–Crippen MR) is 150 cm³/mol. The zero-order chi connectivity index (χ0) is 24.7. The highest BCUT2D eigenvalue weighted by molar-refractivity contribution is 5.86. The number of aliphatic hydroxyl groups excluding tert-OH is 2. The number of piperazine rings is 1. The number of hydrogen-bond acceptors (Lipinski definition) is 4. The zero-order valence-corrected chi connectivity index (χ0v) is 21.1. The van der Waals surface area contributed by atoms with Crippen LogP contribution in [0, 0.1) is 0 Å². The topological polar surface area (TPSA) is 46.9 Å². The molecule has 0 aromatic heterocycles. The van der Waals surface area contributed by atoms with E-state index < -0.39 is 0 Å². The lowest BCUT2D eigenvalue weighted by molar-refractivity contribution is 0.248. The molecule has 36 heavy (non-hydrogen) atoms. The van der Waals surface area contributed by atoms with Crippen molar-refractivity contribution >= 4 is 11.3 Å². The molecule has 1 heterocycles. The first-order valence-electron chi connectivity index (χ1n) is 13.5. The van der Waals surface area contributed by atoms with E-state index in [1.165, 1.54) is 29.7 Å². The smallest absolute Gasteiger partial charge is 0.115 e. The molecule has 2 fully saturated rings. The van der Waals surface area contributed by atoms with Crippen molar-refractivity contribution in [2.75, 3.05) is 37.7 Å². The molecule has 4 nitrogen and oxygen atoms in total. The van der Waals surface area contributed by atoms with Gasteiger partial charge in [0.25, 0.3) is 0 Å². The molecule has 5 rings (SSSR count). The summed E-state index contributed by atoms with van der Waals surface area (Å²) in [5, 5.41) is 20.2. The average molecular weight is 483 g/mol. The van der Waals surface area contributed by atoms with E-state index in [4.69, 9.17) is 0 Å². The summed E-state index contributed by atoms with van der Waals surface area (Å²) >= 11 is 0. The molecule has 1 saturated heterocycles. The zero-order valence-electron chi connectivity index (χ0n) is 21.1. The number of hydrogen-bond donors (Lipinski definition) is 2. The van der Waals surface area contributed by atoms with Gasteiger partial charge in [-0.1, -0.05) is 54.7 Å². The molecule has 4 aliphatic rings. The Morgan fingerprint density at radius 2 is 1.75 bits per heavy atom. The Morgan fingerprint density at radius 3 is 2.50 bits per heavy atom. The summed E-state index contributed by atoms with van der Waals surface area (Å²) in [6.07, 6.45) is 24.3. The second-order valence-corrected chi connectivity index (χ2v) is 10.1. The van der Waals surface area contributed by atoms with Crippen LogP contribution in [0.2, 0.25) is 0 Å². The number of allylic oxidation sites excluding steroid dienone is 13. The minimum atomic E-state index is 0.155. The normalized spacial score (nSPS) is 21.4. The van der Waals surface area contributed by atoms with Gasteiger partial charge < -0.3 is 15.1 Å². The summed E-state index contributed by atoms with van der Waals surface area (Å²) in [4.78, 5) is 5.15. The van der Waals surface area contributed by atoms with Crippen LogP contribution in [0.25, 0.3) is 5.57 Å². The van der Waals surface area contributed by atoms with Gasteiger partial charge in [-0.3, -0.25) is 4.90 Å². The van der Waals surface area contributed by atoms with E-state index in [9.17, 15) is 10.2 Å². The van der Waals surface area contributed by atoms with Crippen LogP contribution >= 0.6 is 0 Å². The van der Waals surface area contributed by atoms with Gasteiger partial charge in [-0.2, -0.15) is 0 Å². The van der Waals surface area contributed by atoms with E-state index in [0.717, 1.165) is 68.2 Å². The number of benzene rings is 1. The third-order valence-electron chi connectivity index (χ3n) is 7.51. The van der Waals surface area contributed by atoms with Crippen LogP contribution in [0.15, 0.2) is 101 Å². The summed E-state index contributed by atoms with van der Waals surface area (Å²) in [5.41, 5.74) is 7.12. The van der Waals surface area contributed by atoms with Crippen LogP contribution in [0.4, 0.5) is 5.69 Å². The molecule has 0 unspecified atom stereocenters. The fraction of sp³-hybridized carbons (Fsp3) is 0.375. The van der Waals surface area contributed by atoms with E-state index in [1.54, 1.807) is 6.08 Å². The molecule has 1 saturated carbocycles. The van der Waals surface area contributed by atoms with Crippen LogP contribution in [0.1, 0.15) is 44.1 Å². The first-order valence-corrected chi connectivity index (χ1v) is 13.5. The predicted octanol–water partition coefficient (Wildman–Crippen LogP) is 6.27. The van der Waals surface area contributed by atoms with E-state index in [-0.39, 0.29) is 12.4 Å². The van der Waals surface area contributed by atoms with Gasteiger partial charge in [-0.15, -0.1) is 0 Å². The first kappa shape index (κ1) is 24.6. The van der Waals surface area contributed by atoms with Crippen molar-refractivity contribution in [2.45, 2.75) is 44.6 Å². The molecular formula is C32H38N2O2. The van der Waals surface area contributed by atoms with Gasteiger partial charge >= 0.3 is 0 Å². The third kappa shape index (κ3) is 6.00. The lowest BCUT2D eigenvalue weighted by atomic mass is 9.85. The molecular weight excluding hydrogens is 444 g/mol. The monoisotopic (exact) mass is 482 g/mol. The van der Waals surface area contributed by atoms with Crippen LogP contribution in [-0.2, 0) is 0 Å². The highest BCUT2D eigenvalue weighted by atomic mass is 16.3. The van der Waals surface area contributed by atoms with E-state index >= 15 is 0 Å². The van der Waals surface area contributed by atoms with Gasteiger partial charge in [0.2, 0.25) is 0 Å². The van der Waals surface area contributed by atoms with E-state index in [2.05, 4.69) is 70.5 Å². The van der Waals surface area contributed by atoms with Gasteiger partial charge in [0.05, 0.1) is 0 Å². The fourth-order valence-corrected chi connectivity index (χ4v) is 5.47. The Hall–Kier alpha value is -3.08. The molecule has 1 aromatic rings. The maximum Gasteiger partial charge on any atom is 0.115 e. The van der Waals surface area contributed by atoms with Crippen molar-refractivity contribution in [3.05, 3.63) is 107 Å². The quantitative estimate of drug-likeness (QED) is 0.459. The Morgan fingerprint density at radius 1 is 0.944 bits per heavy atom. The Kier molecular flexibility index (Phi) is 8.04. The Labute approximate surface area is 215 Å². The van der Waals surface area contributed by atoms with Gasteiger partial charge in [0.1, 0.15) is 5.76 Å². The van der Waals surface area contributed by atoms with Gasteiger partial charge in [0.15, 0.2) is 0 Å². The number of nitrogens with zero attached hydrogens (tertiary/aromatic N) is 2. The SMILES string of the molecule is OCCC/C(C1=CCC=CC=C1)=C(\C1=CC(O)=CC=CC1)c1ccc(N2CCN(C3CC3)CC2)cc1. The summed E-state index contributed by atoms with van der Waals surface area (Å²) in [7, 11) is 0. The van der Waals surface area contributed by atoms with Crippen LogP contribution in [-0.4, -0.2) is 53.9 Å². The molecule has 0 amide bonds. The standard InChI is InChI=1S/C32H38N2O2/c35-23-7-12-31(25-8-3-1-2-4-9-25)32(27-10-5-6-11-30(36)24-27)26-13-15-28(16-14-26)33-19-21-34(22-20-33)29-17-18-29/h1-3,5-6,8-9,11,13-16,24,29,35-36H,4,7,10,12,17-23H2/b32-31+. The minimum absolute atomic E-state index is 0.155. The number of anilines is 1. The Balaban J connectivity index is 1.51. The number of aliphatic hydroxyl groups is 2. The second kappa shape index (κ2) is 11.8. The molecule has 0 spiro atoms. The van der Waals surface area contributed by atoms with E-state index in [0.29, 0.717) is 6.42 Å². The largest absolute Gasteiger partial charge is 0.508 e. The van der Waals surface area contributed by atoms with Crippen LogP contribution < -0.4 is 4.90 Å². The van der Waals surface area contributed by atoms with Crippen molar-refractivity contribution in [2.24, 2.45) is 0 Å². The lowest BCUT2D eigenvalue weighted by Crippen LogP contribution is -2.47. The van der Waals surface area contributed by atoms with Crippen molar-refractivity contribution in [3.63, 3.8) is 0 Å². The maximum absolute atomic E-state index is 10.5. The molecule has 0 bridgehead atoms. The van der Waals surface area contributed by atoms with Gasteiger partial charge in [0, 0.05) is 44.5 Å². The number of rotatable bonds is 8. The minimum Gasteiger partial charge on any atom is -0.508 e. The molecule has 3 aliphatic carbocycles. The van der Waals surface area contributed by atoms with Crippen LogP contribution in [0.5, 0.6) is 0 Å². The maximum atomic E-state index is 10.5. The molecule has 1 aliphatic heterocycles. The Bertz CT molecular complexity index is 1140. The lowest BCUT2D eigenvalue weighted by Gasteiger charge is -2.36. The second-order valence-electron chi connectivity index (χ2n) is 10.1. The summed E-state index contributed by atoms with van der Waals surface area (Å²) in [6, 6.07) is 9.84. The molecule has 188 valence electrons. The molecule has 1 aromatic carbocycles. The summed E-state index contributed by atoms with van der Waals surface area (Å²) in [6.45, 7) is 4.63. The average Bonchev–Trinajstić information content (AvgIpc) is 3.77. The molecule has 4 heteroatoms. The summed E-state index contributed by atoms with van der Waals surface area (Å²) in [5.74, 6) is 0.273. The third-order valence-corrected chi connectivity index (χ3v) is 7.51. The highest BCUT2D eigenvalue weighted by Crippen LogP contribution is 2.38. The van der Waals surface area contributed by atoms with Crippen molar-refractivity contribution in [3.8, 4) is 0 Å². The van der Waals surface area contributed by atoms with Gasteiger partial charge in [-0.25, -0.2) is 0 Å². The first-order chi connectivity index (χ1) is 17.7. The molecule has 0 atom stereocenters. The van der Waals surface area contributed by atoms with Crippen LogP contribution in [0.3, 0.4) is 0 Å². The van der Waals surface area contributed by atoms with Crippen molar-refractivity contribution in [1.82, 2.24) is 4.90 Å². The van der Waals surface area contributed by atoms with Gasteiger partial charge in [-0.05, 0) is 90.7 Å². The molecule has 0 radical (unpaired) electrons. The van der Waals surface area contributed by atoms with Crippen molar-refractivity contribution in [1.29, 1.82) is 0 Å². The van der Waals surface area contributed by atoms with Crippen molar-refractivity contribution < 1.29 is 10.2 Å². The summed E-state index contributed by atoms with van der Waals surface area (Å²) < 4.78 is 0. The highest BCUT2D eigenvalue weighted by Gasteiger charge is 2.31. The van der Waals surface area contributed by atoms with E-state index in [1.807, 2.05) is 12.2 Å². The fourth-order valence-electron chi connectivity index (χ4n) is 5.47.